The molecule has 2 heterocycles. The summed E-state index contributed by atoms with van der Waals surface area (Å²) in [6, 6.07) is 0.540. The SMILES string of the molecule is CC(C)n1cc2c(n1)C(Nc1noc(C(C)(C)C)n1)CCC2. The number of hydrogen-bond donors (Lipinski definition) is 1. The molecule has 0 fully saturated rings. The van der Waals surface area contributed by atoms with Gasteiger partial charge in [0.15, 0.2) is 0 Å². The molecule has 6 nitrogen and oxygen atoms in total. The number of anilines is 1. The minimum absolute atomic E-state index is 0.135. The van der Waals surface area contributed by atoms with Gasteiger partial charge < -0.3 is 9.84 Å². The van der Waals surface area contributed by atoms with Gasteiger partial charge in [-0.15, -0.1) is 0 Å². The number of aromatic nitrogens is 4. The largest absolute Gasteiger partial charge is 0.343 e. The van der Waals surface area contributed by atoms with Crippen molar-refractivity contribution in [2.24, 2.45) is 0 Å². The van der Waals surface area contributed by atoms with Gasteiger partial charge in [-0.3, -0.25) is 4.68 Å². The van der Waals surface area contributed by atoms with Crippen molar-refractivity contribution in [3.05, 3.63) is 23.3 Å². The Morgan fingerprint density at radius 1 is 1.36 bits per heavy atom. The van der Waals surface area contributed by atoms with Gasteiger partial charge in [0.25, 0.3) is 5.95 Å². The van der Waals surface area contributed by atoms with Crippen molar-refractivity contribution < 1.29 is 4.52 Å². The highest BCUT2D eigenvalue weighted by molar-refractivity contribution is 5.33. The van der Waals surface area contributed by atoms with Crippen molar-refractivity contribution >= 4 is 5.95 Å². The summed E-state index contributed by atoms with van der Waals surface area (Å²) in [5.74, 6) is 1.21. The Kier molecular flexibility index (Phi) is 3.70. The highest BCUT2D eigenvalue weighted by Crippen LogP contribution is 2.32. The minimum atomic E-state index is -0.135. The van der Waals surface area contributed by atoms with E-state index in [2.05, 4.69) is 56.3 Å². The average Bonchev–Trinajstić information content (AvgIpc) is 3.04. The Bertz CT molecular complexity index is 650. The van der Waals surface area contributed by atoms with Crippen molar-refractivity contribution in [3.8, 4) is 0 Å². The van der Waals surface area contributed by atoms with Crippen molar-refractivity contribution in [2.45, 2.75) is 71.4 Å². The minimum Gasteiger partial charge on any atom is -0.343 e. The summed E-state index contributed by atoms with van der Waals surface area (Å²) >= 11 is 0. The second-order valence-corrected chi connectivity index (χ2v) is 7.38. The average molecular weight is 303 g/mol. The van der Waals surface area contributed by atoms with Gasteiger partial charge in [0.1, 0.15) is 0 Å². The quantitative estimate of drug-likeness (QED) is 0.937. The number of aryl methyl sites for hydroxylation is 1. The van der Waals surface area contributed by atoms with Crippen LogP contribution in [0, 0.1) is 0 Å². The Morgan fingerprint density at radius 3 is 2.77 bits per heavy atom. The van der Waals surface area contributed by atoms with Gasteiger partial charge in [0, 0.05) is 17.7 Å². The zero-order chi connectivity index (χ0) is 15.9. The van der Waals surface area contributed by atoms with Crippen LogP contribution in [0.1, 0.15) is 76.7 Å². The molecule has 0 saturated heterocycles. The van der Waals surface area contributed by atoms with Crippen LogP contribution in [-0.4, -0.2) is 19.9 Å². The number of nitrogens with zero attached hydrogens (tertiary/aromatic N) is 4. The molecule has 0 aromatic carbocycles. The van der Waals surface area contributed by atoms with E-state index in [1.807, 2.05) is 4.68 Å². The third-order valence-corrected chi connectivity index (χ3v) is 4.01. The van der Waals surface area contributed by atoms with Gasteiger partial charge in [-0.05, 0) is 43.8 Å². The van der Waals surface area contributed by atoms with Crippen molar-refractivity contribution in [2.75, 3.05) is 5.32 Å². The van der Waals surface area contributed by atoms with Gasteiger partial charge in [0.05, 0.1) is 11.7 Å². The van der Waals surface area contributed by atoms with Crippen molar-refractivity contribution in [1.29, 1.82) is 0 Å². The summed E-state index contributed by atoms with van der Waals surface area (Å²) in [6.07, 6.45) is 5.46. The summed E-state index contributed by atoms with van der Waals surface area (Å²) < 4.78 is 7.40. The molecule has 2 aromatic rings. The van der Waals surface area contributed by atoms with Crippen LogP contribution in [0.2, 0.25) is 0 Å². The van der Waals surface area contributed by atoms with Gasteiger partial charge in [-0.25, -0.2) is 0 Å². The normalized spacial score (nSPS) is 18.5. The second kappa shape index (κ2) is 5.41. The molecule has 1 N–H and O–H groups in total. The first-order chi connectivity index (χ1) is 10.3. The van der Waals surface area contributed by atoms with E-state index in [0.717, 1.165) is 25.0 Å². The lowest BCUT2D eigenvalue weighted by Gasteiger charge is -2.21. The molecule has 0 spiro atoms. The molecule has 6 heteroatoms. The highest BCUT2D eigenvalue weighted by Gasteiger charge is 2.27. The zero-order valence-corrected chi connectivity index (χ0v) is 14.1. The van der Waals surface area contributed by atoms with Gasteiger partial charge in [-0.1, -0.05) is 20.8 Å². The van der Waals surface area contributed by atoms with Crippen LogP contribution in [0.5, 0.6) is 0 Å². The lowest BCUT2D eigenvalue weighted by Crippen LogP contribution is -2.18. The molecule has 0 radical (unpaired) electrons. The standard InChI is InChI=1S/C16H25N5O/c1-10(2)21-9-11-7-6-8-12(13(11)19-21)17-15-18-14(22-20-15)16(3,4)5/h9-10,12H,6-8H2,1-5H3,(H,17,20). The Hall–Kier alpha value is -1.85. The number of fused-ring (bicyclic) bond motifs is 1. The molecule has 1 aliphatic rings. The monoisotopic (exact) mass is 303 g/mol. The third-order valence-electron chi connectivity index (χ3n) is 4.01. The molecular formula is C16H25N5O. The highest BCUT2D eigenvalue weighted by atomic mass is 16.5. The van der Waals surface area contributed by atoms with Crippen molar-refractivity contribution in [3.63, 3.8) is 0 Å². The molecule has 1 atom stereocenters. The van der Waals surface area contributed by atoms with Crippen LogP contribution >= 0.6 is 0 Å². The topological polar surface area (TPSA) is 68.8 Å². The Labute approximate surface area is 131 Å². The number of rotatable bonds is 3. The fourth-order valence-corrected chi connectivity index (χ4v) is 2.71. The Morgan fingerprint density at radius 2 is 2.14 bits per heavy atom. The first kappa shape index (κ1) is 15.1. The van der Waals surface area contributed by atoms with Crippen LogP contribution in [0.15, 0.2) is 10.7 Å². The van der Waals surface area contributed by atoms with E-state index in [-0.39, 0.29) is 11.5 Å². The van der Waals surface area contributed by atoms with E-state index in [4.69, 9.17) is 9.62 Å². The molecule has 22 heavy (non-hydrogen) atoms. The molecule has 0 saturated carbocycles. The molecule has 1 unspecified atom stereocenters. The maximum absolute atomic E-state index is 5.35. The fraction of sp³-hybridized carbons (Fsp3) is 0.688. The molecule has 0 amide bonds. The maximum atomic E-state index is 5.35. The lowest BCUT2D eigenvalue weighted by molar-refractivity contribution is 0.321. The lowest BCUT2D eigenvalue weighted by atomic mass is 9.94. The van der Waals surface area contributed by atoms with Gasteiger partial charge in [0.2, 0.25) is 5.89 Å². The fourth-order valence-electron chi connectivity index (χ4n) is 2.71. The first-order valence-corrected chi connectivity index (χ1v) is 8.03. The predicted octanol–water partition coefficient (Wildman–Crippen LogP) is 3.63. The zero-order valence-electron chi connectivity index (χ0n) is 14.1. The molecule has 120 valence electrons. The van der Waals surface area contributed by atoms with Crippen LogP contribution in [0.4, 0.5) is 5.95 Å². The number of hydrogen-bond acceptors (Lipinski definition) is 5. The van der Waals surface area contributed by atoms with Crippen LogP contribution < -0.4 is 5.32 Å². The van der Waals surface area contributed by atoms with E-state index in [1.165, 1.54) is 5.56 Å². The molecule has 0 aliphatic heterocycles. The molecule has 0 bridgehead atoms. The molecule has 2 aromatic heterocycles. The first-order valence-electron chi connectivity index (χ1n) is 8.03. The predicted molar refractivity (Wildman–Crippen MR) is 84.9 cm³/mol. The van der Waals surface area contributed by atoms with Crippen LogP contribution in [-0.2, 0) is 11.8 Å². The van der Waals surface area contributed by atoms with E-state index >= 15 is 0 Å². The third kappa shape index (κ3) is 2.87. The van der Waals surface area contributed by atoms with Crippen LogP contribution in [0.3, 0.4) is 0 Å². The van der Waals surface area contributed by atoms with Crippen molar-refractivity contribution in [1.82, 2.24) is 19.9 Å². The van der Waals surface area contributed by atoms with E-state index in [0.29, 0.717) is 17.9 Å². The summed E-state index contributed by atoms with van der Waals surface area (Å²) in [7, 11) is 0. The van der Waals surface area contributed by atoms with Gasteiger partial charge >= 0.3 is 0 Å². The smallest absolute Gasteiger partial charge is 0.263 e. The Balaban J connectivity index is 1.81. The molecule has 3 rings (SSSR count). The maximum Gasteiger partial charge on any atom is 0.263 e. The van der Waals surface area contributed by atoms with E-state index < -0.39 is 0 Å². The molecular weight excluding hydrogens is 278 g/mol. The summed E-state index contributed by atoms with van der Waals surface area (Å²) in [5.41, 5.74) is 2.32. The van der Waals surface area contributed by atoms with E-state index in [1.54, 1.807) is 0 Å². The summed E-state index contributed by atoms with van der Waals surface area (Å²) in [4.78, 5) is 4.47. The summed E-state index contributed by atoms with van der Waals surface area (Å²) in [5, 5.41) is 12.2. The van der Waals surface area contributed by atoms with Crippen LogP contribution in [0.25, 0.3) is 0 Å². The molecule has 1 aliphatic carbocycles. The number of nitrogens with one attached hydrogen (secondary N) is 1. The van der Waals surface area contributed by atoms with E-state index in [9.17, 15) is 0 Å². The second-order valence-electron chi connectivity index (χ2n) is 7.38. The summed E-state index contributed by atoms with van der Waals surface area (Å²) in [6.45, 7) is 10.5. The van der Waals surface area contributed by atoms with Gasteiger partial charge in [-0.2, -0.15) is 10.1 Å².